The van der Waals surface area contributed by atoms with E-state index in [1.807, 2.05) is 24.3 Å². The van der Waals surface area contributed by atoms with E-state index < -0.39 is 6.10 Å². The van der Waals surface area contributed by atoms with Crippen molar-refractivity contribution < 1.29 is 14.6 Å². The summed E-state index contributed by atoms with van der Waals surface area (Å²) >= 11 is 0. The first-order valence-corrected chi connectivity index (χ1v) is 9.69. The van der Waals surface area contributed by atoms with Crippen LogP contribution in [0.4, 0.5) is 4.79 Å². The molecule has 0 bridgehead atoms. The lowest BCUT2D eigenvalue weighted by atomic mass is 9.93. The number of aliphatic hydroxyl groups is 1. The maximum atomic E-state index is 12.0. The summed E-state index contributed by atoms with van der Waals surface area (Å²) < 4.78 is 6.02. The lowest BCUT2D eigenvalue weighted by Crippen LogP contribution is -2.48. The summed E-state index contributed by atoms with van der Waals surface area (Å²) in [4.78, 5) is 12.0. The average Bonchev–Trinajstić information content (AvgIpc) is 2.64. The fraction of sp³-hybridized carbons (Fsp3) is 0.650. The van der Waals surface area contributed by atoms with Gasteiger partial charge in [0, 0.05) is 6.54 Å². The second-order valence-electron chi connectivity index (χ2n) is 7.31. The van der Waals surface area contributed by atoms with Crippen LogP contribution >= 0.6 is 0 Å². The van der Waals surface area contributed by atoms with Gasteiger partial charge in [-0.05, 0) is 56.2 Å². The van der Waals surface area contributed by atoms with Gasteiger partial charge < -0.3 is 20.5 Å². The smallest absolute Gasteiger partial charge is 0.315 e. The molecule has 5 heteroatoms. The summed E-state index contributed by atoms with van der Waals surface area (Å²) in [6, 6.07) is 7.61. The number of carbonyl (C=O) groups is 1. The Labute approximate surface area is 150 Å². The van der Waals surface area contributed by atoms with Crippen molar-refractivity contribution in [2.45, 2.75) is 82.6 Å². The fourth-order valence-electron chi connectivity index (χ4n) is 3.74. The molecule has 2 aliphatic carbocycles. The van der Waals surface area contributed by atoms with E-state index in [0.29, 0.717) is 12.6 Å². The zero-order valence-corrected chi connectivity index (χ0v) is 14.9. The number of amides is 2. The van der Waals surface area contributed by atoms with Gasteiger partial charge in [0.1, 0.15) is 5.75 Å². The van der Waals surface area contributed by atoms with Crippen LogP contribution in [0.2, 0.25) is 0 Å². The standard InChI is InChI=1S/C20H30N2O3/c23-19-9-5-4-8-18(19)22-20(24)21-14-15-10-12-17(13-11-15)25-16-6-2-1-3-7-16/h10-13,16,18-19,23H,1-9,14H2,(H2,21,22,24). The topological polar surface area (TPSA) is 70.6 Å². The molecular weight excluding hydrogens is 316 g/mol. The van der Waals surface area contributed by atoms with Gasteiger partial charge in [-0.2, -0.15) is 0 Å². The molecule has 1 aromatic carbocycles. The third-order valence-corrected chi connectivity index (χ3v) is 5.28. The zero-order chi connectivity index (χ0) is 17.5. The summed E-state index contributed by atoms with van der Waals surface area (Å²) in [7, 11) is 0. The third kappa shape index (κ3) is 5.63. The molecule has 2 fully saturated rings. The second-order valence-corrected chi connectivity index (χ2v) is 7.31. The molecule has 5 nitrogen and oxygen atoms in total. The summed E-state index contributed by atoms with van der Waals surface area (Å²) in [5, 5.41) is 15.7. The molecule has 25 heavy (non-hydrogen) atoms. The maximum Gasteiger partial charge on any atom is 0.315 e. The Morgan fingerprint density at radius 3 is 2.40 bits per heavy atom. The lowest BCUT2D eigenvalue weighted by Gasteiger charge is -2.28. The molecule has 3 rings (SSSR count). The molecular formula is C20H30N2O3. The highest BCUT2D eigenvalue weighted by molar-refractivity contribution is 5.74. The van der Waals surface area contributed by atoms with E-state index in [4.69, 9.17) is 4.74 Å². The lowest BCUT2D eigenvalue weighted by molar-refractivity contribution is 0.0943. The van der Waals surface area contributed by atoms with E-state index in [2.05, 4.69) is 10.6 Å². The van der Waals surface area contributed by atoms with Crippen LogP contribution in [-0.2, 0) is 6.54 Å². The predicted molar refractivity (Wildman–Crippen MR) is 97.6 cm³/mol. The van der Waals surface area contributed by atoms with Crippen LogP contribution in [0.25, 0.3) is 0 Å². The van der Waals surface area contributed by atoms with Gasteiger partial charge in [0.05, 0.1) is 18.2 Å². The number of urea groups is 1. The van der Waals surface area contributed by atoms with Crippen molar-refractivity contribution in [3.8, 4) is 5.75 Å². The molecule has 0 heterocycles. The van der Waals surface area contributed by atoms with Gasteiger partial charge in [-0.25, -0.2) is 4.79 Å². The molecule has 0 spiro atoms. The Kier molecular flexibility index (Phi) is 6.56. The van der Waals surface area contributed by atoms with Gasteiger partial charge in [0.25, 0.3) is 0 Å². The van der Waals surface area contributed by atoms with Gasteiger partial charge in [-0.3, -0.25) is 0 Å². The highest BCUT2D eigenvalue weighted by Gasteiger charge is 2.24. The Hall–Kier alpha value is -1.75. The van der Waals surface area contributed by atoms with Crippen molar-refractivity contribution in [1.29, 1.82) is 0 Å². The third-order valence-electron chi connectivity index (χ3n) is 5.28. The Bertz CT molecular complexity index is 540. The highest BCUT2D eigenvalue weighted by atomic mass is 16.5. The highest BCUT2D eigenvalue weighted by Crippen LogP contribution is 2.23. The molecule has 0 aromatic heterocycles. The largest absolute Gasteiger partial charge is 0.490 e. The average molecular weight is 346 g/mol. The molecule has 0 radical (unpaired) electrons. The minimum absolute atomic E-state index is 0.125. The minimum Gasteiger partial charge on any atom is -0.490 e. The molecule has 2 aliphatic rings. The van der Waals surface area contributed by atoms with Crippen molar-refractivity contribution in [3.63, 3.8) is 0 Å². The van der Waals surface area contributed by atoms with Gasteiger partial charge in [-0.15, -0.1) is 0 Å². The van der Waals surface area contributed by atoms with Gasteiger partial charge in [0.2, 0.25) is 0 Å². The second kappa shape index (κ2) is 9.09. The quantitative estimate of drug-likeness (QED) is 0.764. The van der Waals surface area contributed by atoms with Gasteiger partial charge in [0.15, 0.2) is 0 Å². The first-order valence-electron chi connectivity index (χ1n) is 9.69. The van der Waals surface area contributed by atoms with Gasteiger partial charge in [-0.1, -0.05) is 31.4 Å². The Morgan fingerprint density at radius 1 is 1.00 bits per heavy atom. The molecule has 2 atom stereocenters. The molecule has 1 aromatic rings. The van der Waals surface area contributed by atoms with Crippen molar-refractivity contribution in [3.05, 3.63) is 29.8 Å². The molecule has 2 saturated carbocycles. The van der Waals surface area contributed by atoms with Crippen molar-refractivity contribution >= 4 is 6.03 Å². The molecule has 138 valence electrons. The molecule has 2 amide bonds. The van der Waals surface area contributed by atoms with Crippen molar-refractivity contribution in [1.82, 2.24) is 10.6 Å². The molecule has 3 N–H and O–H groups in total. The van der Waals surface area contributed by atoms with E-state index >= 15 is 0 Å². The van der Waals surface area contributed by atoms with E-state index in [1.54, 1.807) is 0 Å². The molecule has 0 aliphatic heterocycles. The normalized spacial score (nSPS) is 24.5. The first-order chi connectivity index (χ1) is 12.2. The number of ether oxygens (including phenoxy) is 1. The first kappa shape index (κ1) is 18.1. The summed E-state index contributed by atoms with van der Waals surface area (Å²) in [5.41, 5.74) is 1.04. The van der Waals surface area contributed by atoms with E-state index in [1.165, 1.54) is 19.3 Å². The van der Waals surface area contributed by atoms with Crippen LogP contribution < -0.4 is 15.4 Å². The van der Waals surface area contributed by atoms with Crippen LogP contribution in [0, 0.1) is 0 Å². The van der Waals surface area contributed by atoms with Crippen LogP contribution in [0.15, 0.2) is 24.3 Å². The van der Waals surface area contributed by atoms with E-state index in [0.717, 1.165) is 49.8 Å². The number of nitrogens with one attached hydrogen (secondary N) is 2. The van der Waals surface area contributed by atoms with E-state index in [9.17, 15) is 9.90 Å². The monoisotopic (exact) mass is 346 g/mol. The summed E-state index contributed by atoms with van der Waals surface area (Å²) in [6.45, 7) is 0.471. The number of hydrogen-bond donors (Lipinski definition) is 3. The van der Waals surface area contributed by atoms with Crippen LogP contribution in [0.5, 0.6) is 5.75 Å². The van der Waals surface area contributed by atoms with Crippen LogP contribution in [0.1, 0.15) is 63.4 Å². The SMILES string of the molecule is O=C(NCc1ccc(OC2CCCCC2)cc1)NC1CCCCC1O. The Morgan fingerprint density at radius 2 is 1.68 bits per heavy atom. The van der Waals surface area contributed by atoms with Crippen LogP contribution in [0.3, 0.4) is 0 Å². The van der Waals surface area contributed by atoms with Crippen LogP contribution in [-0.4, -0.2) is 29.4 Å². The minimum atomic E-state index is -0.421. The number of benzene rings is 1. The molecule has 2 unspecified atom stereocenters. The predicted octanol–water partition coefficient (Wildman–Crippen LogP) is 3.50. The Balaban J connectivity index is 1.41. The fourth-order valence-corrected chi connectivity index (χ4v) is 3.74. The number of carbonyl (C=O) groups excluding carboxylic acids is 1. The number of hydrogen-bond acceptors (Lipinski definition) is 3. The summed E-state index contributed by atoms with van der Waals surface area (Å²) in [6.07, 6.45) is 9.79. The number of rotatable bonds is 5. The molecule has 0 saturated heterocycles. The van der Waals surface area contributed by atoms with E-state index in [-0.39, 0.29) is 12.1 Å². The summed E-state index contributed by atoms with van der Waals surface area (Å²) in [5.74, 6) is 0.908. The zero-order valence-electron chi connectivity index (χ0n) is 14.9. The van der Waals surface area contributed by atoms with Gasteiger partial charge >= 0.3 is 6.03 Å². The number of aliphatic hydroxyl groups excluding tert-OH is 1. The van der Waals surface area contributed by atoms with Crippen molar-refractivity contribution in [2.24, 2.45) is 0 Å². The van der Waals surface area contributed by atoms with Crippen molar-refractivity contribution in [2.75, 3.05) is 0 Å². The maximum absolute atomic E-state index is 12.0.